The van der Waals surface area contributed by atoms with Gasteiger partial charge in [0.25, 0.3) is 0 Å². The minimum absolute atomic E-state index is 0.273. The zero-order valence-corrected chi connectivity index (χ0v) is 11.2. The van der Waals surface area contributed by atoms with E-state index in [9.17, 15) is 9.59 Å². The Morgan fingerprint density at radius 3 is 2.67 bits per heavy atom. The molecule has 1 rings (SSSR count). The van der Waals surface area contributed by atoms with Crippen LogP contribution < -0.4 is 5.32 Å². The molecule has 7 nitrogen and oxygen atoms in total. The molecule has 0 unspecified atom stereocenters. The molecule has 0 saturated carbocycles. The van der Waals surface area contributed by atoms with Crippen LogP contribution in [0.3, 0.4) is 0 Å². The Hall–Kier alpha value is -1.70. The van der Waals surface area contributed by atoms with Crippen LogP contribution in [0.15, 0.2) is 5.38 Å². The number of rotatable bonds is 4. The number of hydrogen-bond acceptors (Lipinski definition) is 6. The van der Waals surface area contributed by atoms with Gasteiger partial charge in [-0.15, -0.1) is 5.10 Å². The number of nitrogens with zero attached hydrogens (tertiary/aromatic N) is 2. The molecule has 0 aliphatic carbocycles. The van der Waals surface area contributed by atoms with Crippen LogP contribution >= 0.6 is 11.5 Å². The highest BCUT2D eigenvalue weighted by Gasteiger charge is 2.23. The van der Waals surface area contributed by atoms with Crippen molar-refractivity contribution in [2.75, 3.05) is 0 Å². The van der Waals surface area contributed by atoms with Crippen LogP contribution in [0.4, 0.5) is 4.79 Å². The van der Waals surface area contributed by atoms with Gasteiger partial charge >= 0.3 is 12.1 Å². The lowest BCUT2D eigenvalue weighted by Gasteiger charge is -2.22. The van der Waals surface area contributed by atoms with E-state index in [0.29, 0.717) is 5.69 Å². The maximum atomic E-state index is 11.6. The van der Waals surface area contributed by atoms with Gasteiger partial charge in [-0.3, -0.25) is 4.79 Å². The predicted octanol–water partition coefficient (Wildman–Crippen LogP) is 1.58. The van der Waals surface area contributed by atoms with Crippen molar-refractivity contribution in [3.8, 4) is 0 Å². The van der Waals surface area contributed by atoms with Crippen molar-refractivity contribution >= 4 is 23.6 Å². The molecule has 0 radical (unpaired) electrons. The molecule has 0 spiro atoms. The molecule has 1 heterocycles. The summed E-state index contributed by atoms with van der Waals surface area (Å²) < 4.78 is 8.70. The van der Waals surface area contributed by atoms with Crippen molar-refractivity contribution in [1.82, 2.24) is 14.9 Å². The largest absolute Gasteiger partial charge is 0.481 e. The van der Waals surface area contributed by atoms with Gasteiger partial charge in [0, 0.05) is 5.38 Å². The Balaban J connectivity index is 2.68. The number of carboxylic acid groups (broad SMARTS) is 1. The van der Waals surface area contributed by atoms with Gasteiger partial charge in [0.1, 0.15) is 5.60 Å². The molecule has 0 fully saturated rings. The van der Waals surface area contributed by atoms with Crippen LogP contribution in [-0.2, 0) is 9.53 Å². The smallest absolute Gasteiger partial charge is 0.408 e. The van der Waals surface area contributed by atoms with E-state index in [4.69, 9.17) is 9.84 Å². The molecule has 0 bridgehead atoms. The fourth-order valence-electron chi connectivity index (χ4n) is 1.18. The summed E-state index contributed by atoms with van der Waals surface area (Å²) in [6.45, 7) is 5.18. The van der Waals surface area contributed by atoms with Crippen LogP contribution in [-0.4, -0.2) is 32.4 Å². The highest BCUT2D eigenvalue weighted by molar-refractivity contribution is 7.03. The number of ether oxygens (including phenoxy) is 1. The molecule has 8 heteroatoms. The first-order valence-corrected chi connectivity index (χ1v) is 6.10. The van der Waals surface area contributed by atoms with Crippen molar-refractivity contribution in [2.45, 2.75) is 38.8 Å². The van der Waals surface area contributed by atoms with Crippen LogP contribution in [0.1, 0.15) is 38.9 Å². The van der Waals surface area contributed by atoms with Gasteiger partial charge in [-0.25, -0.2) is 4.79 Å². The zero-order chi connectivity index (χ0) is 13.8. The van der Waals surface area contributed by atoms with Crippen molar-refractivity contribution < 1.29 is 19.4 Å². The number of carbonyl (C=O) groups excluding carboxylic acids is 1. The normalized spacial score (nSPS) is 12.8. The Morgan fingerprint density at radius 1 is 1.56 bits per heavy atom. The zero-order valence-electron chi connectivity index (χ0n) is 10.3. The topological polar surface area (TPSA) is 101 Å². The van der Waals surface area contributed by atoms with Crippen LogP contribution in [0.5, 0.6) is 0 Å². The van der Waals surface area contributed by atoms with Crippen LogP contribution in [0.2, 0.25) is 0 Å². The molecule has 0 aliphatic heterocycles. The quantitative estimate of drug-likeness (QED) is 0.863. The number of aliphatic carboxylic acids is 1. The van der Waals surface area contributed by atoms with Gasteiger partial charge in [-0.2, -0.15) is 0 Å². The van der Waals surface area contributed by atoms with Crippen molar-refractivity contribution in [2.24, 2.45) is 0 Å². The first-order chi connectivity index (χ1) is 8.28. The number of carboxylic acids is 1. The molecule has 1 aromatic rings. The van der Waals surface area contributed by atoms with Gasteiger partial charge in [-0.1, -0.05) is 4.49 Å². The third kappa shape index (κ3) is 5.09. The lowest BCUT2D eigenvalue weighted by molar-refractivity contribution is -0.137. The van der Waals surface area contributed by atoms with Gasteiger partial charge in [-0.05, 0) is 32.3 Å². The molecular formula is C10H15N3O4S. The molecule has 1 aromatic heterocycles. The second-order valence-corrected chi connectivity index (χ2v) is 5.24. The third-order valence-corrected chi connectivity index (χ3v) is 2.33. The fourth-order valence-corrected chi connectivity index (χ4v) is 1.69. The molecule has 0 saturated heterocycles. The Morgan fingerprint density at radius 2 is 2.22 bits per heavy atom. The van der Waals surface area contributed by atoms with Gasteiger partial charge in [0.2, 0.25) is 0 Å². The summed E-state index contributed by atoms with van der Waals surface area (Å²) in [4.78, 5) is 22.3. The predicted molar refractivity (Wildman–Crippen MR) is 64.3 cm³/mol. The molecule has 2 N–H and O–H groups in total. The second-order valence-electron chi connectivity index (χ2n) is 4.63. The van der Waals surface area contributed by atoms with E-state index in [1.165, 1.54) is 0 Å². The van der Waals surface area contributed by atoms with Gasteiger partial charge in [0.05, 0.1) is 18.2 Å². The highest BCUT2D eigenvalue weighted by atomic mass is 32.1. The maximum Gasteiger partial charge on any atom is 0.408 e. The average molecular weight is 273 g/mol. The van der Waals surface area contributed by atoms with E-state index in [0.717, 1.165) is 11.5 Å². The minimum atomic E-state index is -1.04. The van der Waals surface area contributed by atoms with Gasteiger partial charge < -0.3 is 15.2 Å². The minimum Gasteiger partial charge on any atom is -0.481 e. The van der Waals surface area contributed by atoms with Crippen molar-refractivity contribution in [3.05, 3.63) is 11.1 Å². The van der Waals surface area contributed by atoms with Gasteiger partial charge in [0.15, 0.2) is 0 Å². The van der Waals surface area contributed by atoms with Crippen molar-refractivity contribution in [3.63, 3.8) is 0 Å². The monoisotopic (exact) mass is 273 g/mol. The summed E-state index contributed by atoms with van der Waals surface area (Å²) >= 11 is 1.09. The van der Waals surface area contributed by atoms with Crippen LogP contribution in [0.25, 0.3) is 0 Å². The molecule has 1 amide bonds. The molecule has 100 valence electrons. The van der Waals surface area contributed by atoms with Crippen molar-refractivity contribution in [1.29, 1.82) is 0 Å². The summed E-state index contributed by atoms with van der Waals surface area (Å²) in [5, 5.41) is 16.6. The summed E-state index contributed by atoms with van der Waals surface area (Å²) in [5.41, 5.74) is -0.230. The number of nitrogens with one attached hydrogen (secondary N) is 1. The maximum absolute atomic E-state index is 11.6. The number of alkyl carbamates (subject to hydrolysis) is 1. The third-order valence-electron chi connectivity index (χ3n) is 1.80. The number of hydrogen-bond donors (Lipinski definition) is 2. The lowest BCUT2D eigenvalue weighted by Crippen LogP contribution is -2.36. The van der Waals surface area contributed by atoms with E-state index in [-0.39, 0.29) is 6.42 Å². The van der Waals surface area contributed by atoms with E-state index in [1.54, 1.807) is 26.2 Å². The second kappa shape index (κ2) is 5.76. The Bertz CT molecular complexity index is 413. The number of carbonyl (C=O) groups is 2. The summed E-state index contributed by atoms with van der Waals surface area (Å²) in [6.07, 6.45) is -0.952. The van der Waals surface area contributed by atoms with E-state index < -0.39 is 23.7 Å². The van der Waals surface area contributed by atoms with Crippen LogP contribution in [0, 0.1) is 0 Å². The first kappa shape index (κ1) is 14.4. The highest BCUT2D eigenvalue weighted by Crippen LogP contribution is 2.16. The fraction of sp³-hybridized carbons (Fsp3) is 0.600. The lowest BCUT2D eigenvalue weighted by atomic mass is 10.1. The molecular weight excluding hydrogens is 258 g/mol. The summed E-state index contributed by atoms with van der Waals surface area (Å²) in [5.74, 6) is -1.04. The summed E-state index contributed by atoms with van der Waals surface area (Å²) in [7, 11) is 0. The molecule has 1 atom stereocenters. The number of amides is 1. The van der Waals surface area contributed by atoms with E-state index >= 15 is 0 Å². The standard InChI is InChI=1S/C10H15N3O4S/c1-10(2,3)17-9(16)11-6(4-8(14)15)7-5-18-13-12-7/h5-6H,4H2,1-3H3,(H,11,16)(H,14,15)/t6-/m0/s1. The summed E-state index contributed by atoms with van der Waals surface area (Å²) in [6, 6.07) is -0.740. The van der Waals surface area contributed by atoms with E-state index in [1.807, 2.05) is 0 Å². The Labute approximate surface area is 108 Å². The Kier molecular flexibility index (Phi) is 4.60. The number of aromatic nitrogens is 2. The molecule has 18 heavy (non-hydrogen) atoms. The average Bonchev–Trinajstić information content (AvgIpc) is 2.64. The van der Waals surface area contributed by atoms with E-state index in [2.05, 4.69) is 14.9 Å². The molecule has 0 aliphatic rings. The first-order valence-electron chi connectivity index (χ1n) is 5.26. The molecule has 0 aromatic carbocycles. The SMILES string of the molecule is CC(C)(C)OC(=O)N[C@@H](CC(=O)O)c1csnn1.